The number of likely N-dealkylation sites (tertiary alicyclic amines) is 1. The predicted octanol–water partition coefficient (Wildman–Crippen LogP) is -0.264. The minimum atomic E-state index is -2.05. The van der Waals surface area contributed by atoms with Gasteiger partial charge in [0.15, 0.2) is 17.4 Å². The van der Waals surface area contributed by atoms with Crippen molar-refractivity contribution in [2.24, 2.45) is 5.41 Å². The molecule has 38 heavy (non-hydrogen) atoms. The third-order valence-corrected chi connectivity index (χ3v) is 8.32. The molecular weight excluding hydrogens is 514 g/mol. The molecule has 3 fully saturated rings. The van der Waals surface area contributed by atoms with Crippen LogP contribution in [0.15, 0.2) is 0 Å². The highest BCUT2D eigenvalue weighted by Crippen LogP contribution is 2.30. The maximum absolute atomic E-state index is 13.7. The summed E-state index contributed by atoms with van der Waals surface area (Å²) in [4.78, 5) is 52.0. The molecule has 0 aromatic carbocycles. The monoisotopic (exact) mass is 557 g/mol. The van der Waals surface area contributed by atoms with Crippen LogP contribution < -0.4 is 21.3 Å². The Morgan fingerprint density at radius 1 is 1.05 bits per heavy atom. The molecule has 0 bridgehead atoms. The van der Waals surface area contributed by atoms with E-state index in [2.05, 4.69) is 21.3 Å². The summed E-state index contributed by atoms with van der Waals surface area (Å²) in [6.45, 7) is 5.44. The average Bonchev–Trinajstić information content (AvgIpc) is 3.50. The zero-order valence-electron chi connectivity index (χ0n) is 22.6. The molecule has 2 unspecified atom stereocenters. The highest BCUT2D eigenvalue weighted by molar-refractivity contribution is 7.79. The summed E-state index contributed by atoms with van der Waals surface area (Å²) in [7, 11) is 0. The van der Waals surface area contributed by atoms with Crippen molar-refractivity contribution in [1.82, 2.24) is 26.2 Å². The van der Waals surface area contributed by atoms with Crippen LogP contribution in [0.2, 0.25) is 0 Å². The molecular formula is C25H43N5O7S. The number of nitrogens with zero attached hydrogens (tertiary/aromatic N) is 1. The standard InChI is InChI=1S/C25H43N5O7S/c1-24(2,3)19(28-23(35)29-25(15-38(36)37)11-5-4-6-12-25)22(34)30-13-7-8-17(30)20(32)26-14-18(31)21(33)27-16-9-10-16/h16-17,19,23,28-29,35H,4-15H2,1-3H3,(H,26,32)(H,27,33)(H,36,37)/t17-,19+,23?/m0/s1. The van der Waals surface area contributed by atoms with E-state index in [1.807, 2.05) is 20.8 Å². The van der Waals surface area contributed by atoms with Gasteiger partial charge in [-0.3, -0.25) is 29.8 Å². The summed E-state index contributed by atoms with van der Waals surface area (Å²) in [6.07, 6.45) is 5.43. The SMILES string of the molecule is CC(C)(C)[C@H](NC(O)NC1(CS(=O)O)CCCCC1)C(=O)N1CCC[C@H]1C(=O)NCC(=O)C(=O)NC1CC1. The lowest BCUT2D eigenvalue weighted by molar-refractivity contribution is -0.144. The van der Waals surface area contributed by atoms with Crippen LogP contribution in [0.1, 0.15) is 78.6 Å². The molecule has 13 heteroatoms. The molecule has 3 rings (SSSR count). The quantitative estimate of drug-likeness (QED) is 0.107. The molecule has 0 radical (unpaired) electrons. The van der Waals surface area contributed by atoms with Crippen LogP contribution in [0.25, 0.3) is 0 Å². The highest BCUT2D eigenvalue weighted by Gasteiger charge is 2.43. The van der Waals surface area contributed by atoms with Crippen molar-refractivity contribution in [3.63, 3.8) is 0 Å². The van der Waals surface area contributed by atoms with Gasteiger partial charge in [0.2, 0.25) is 17.6 Å². The Bertz CT molecular complexity index is 914. The topological polar surface area (TPSA) is 177 Å². The molecule has 3 amide bonds. The summed E-state index contributed by atoms with van der Waals surface area (Å²) in [5.74, 6) is -2.33. The summed E-state index contributed by atoms with van der Waals surface area (Å²) in [5.41, 5.74) is -1.36. The van der Waals surface area contributed by atoms with Crippen LogP contribution in [-0.4, -0.2) is 91.1 Å². The normalized spacial score (nSPS) is 23.8. The Balaban J connectivity index is 1.63. The number of carbonyl (C=O) groups excluding carboxylic acids is 4. The highest BCUT2D eigenvalue weighted by atomic mass is 32.2. The van der Waals surface area contributed by atoms with Crippen LogP contribution in [0.3, 0.4) is 0 Å². The van der Waals surface area contributed by atoms with Gasteiger partial charge in [-0.05, 0) is 43.9 Å². The fourth-order valence-corrected chi connectivity index (χ4v) is 6.15. The molecule has 3 aliphatic rings. The molecule has 12 nitrogen and oxygen atoms in total. The predicted molar refractivity (Wildman–Crippen MR) is 141 cm³/mol. The molecule has 216 valence electrons. The van der Waals surface area contributed by atoms with Gasteiger partial charge in [-0.15, -0.1) is 0 Å². The number of carbonyl (C=O) groups is 4. The van der Waals surface area contributed by atoms with E-state index in [1.165, 1.54) is 4.90 Å². The number of aliphatic hydroxyl groups is 1. The first kappa shape index (κ1) is 30.6. The molecule has 1 heterocycles. The van der Waals surface area contributed by atoms with Gasteiger partial charge in [0.1, 0.15) is 6.04 Å². The van der Waals surface area contributed by atoms with Crippen molar-refractivity contribution >= 4 is 34.6 Å². The molecule has 1 aliphatic heterocycles. The molecule has 1 saturated heterocycles. The molecule has 4 atom stereocenters. The number of hydrogen-bond acceptors (Lipinski definition) is 8. The number of amides is 3. The Morgan fingerprint density at radius 2 is 1.71 bits per heavy atom. The third kappa shape index (κ3) is 8.54. The van der Waals surface area contributed by atoms with E-state index in [0.29, 0.717) is 32.2 Å². The van der Waals surface area contributed by atoms with Crippen LogP contribution >= 0.6 is 0 Å². The minimum absolute atomic E-state index is 0.0222. The Morgan fingerprint density at radius 3 is 2.29 bits per heavy atom. The smallest absolute Gasteiger partial charge is 0.289 e. The van der Waals surface area contributed by atoms with Crippen molar-refractivity contribution in [1.29, 1.82) is 0 Å². The number of hydrogen-bond donors (Lipinski definition) is 6. The zero-order chi connectivity index (χ0) is 28.1. The molecule has 0 aromatic heterocycles. The average molecular weight is 558 g/mol. The zero-order valence-corrected chi connectivity index (χ0v) is 23.4. The van der Waals surface area contributed by atoms with Gasteiger partial charge < -0.3 is 25.2 Å². The van der Waals surface area contributed by atoms with Gasteiger partial charge in [0.05, 0.1) is 18.3 Å². The van der Waals surface area contributed by atoms with E-state index in [1.54, 1.807) is 0 Å². The molecule has 2 saturated carbocycles. The summed E-state index contributed by atoms with van der Waals surface area (Å²) < 4.78 is 21.2. The van der Waals surface area contributed by atoms with Crippen molar-refractivity contribution in [2.45, 2.75) is 109 Å². The first-order chi connectivity index (χ1) is 17.8. The van der Waals surface area contributed by atoms with Crippen molar-refractivity contribution in [3.8, 4) is 0 Å². The summed E-state index contributed by atoms with van der Waals surface area (Å²) in [6, 6.07) is -1.62. The Labute approximate surface area is 226 Å². The van der Waals surface area contributed by atoms with Crippen molar-refractivity contribution in [2.75, 3.05) is 18.8 Å². The van der Waals surface area contributed by atoms with Crippen molar-refractivity contribution in [3.05, 3.63) is 0 Å². The maximum Gasteiger partial charge on any atom is 0.289 e. The second-order valence-corrected chi connectivity index (χ2v) is 12.8. The fraction of sp³-hybridized carbons (Fsp3) is 0.840. The lowest BCUT2D eigenvalue weighted by atomic mass is 9.83. The van der Waals surface area contributed by atoms with Crippen LogP contribution in [0, 0.1) is 5.41 Å². The van der Waals surface area contributed by atoms with Crippen molar-refractivity contribution < 1.29 is 33.0 Å². The maximum atomic E-state index is 13.7. The van der Waals surface area contributed by atoms with E-state index < -0.39 is 64.6 Å². The second-order valence-electron chi connectivity index (χ2n) is 11.9. The first-order valence-corrected chi connectivity index (χ1v) is 14.8. The molecule has 0 aromatic rings. The van der Waals surface area contributed by atoms with E-state index in [4.69, 9.17) is 0 Å². The van der Waals surface area contributed by atoms with Crippen LogP contribution in [0.4, 0.5) is 0 Å². The second kappa shape index (κ2) is 12.9. The van der Waals surface area contributed by atoms with Gasteiger partial charge in [0, 0.05) is 18.1 Å². The lowest BCUT2D eigenvalue weighted by Gasteiger charge is -2.42. The van der Waals surface area contributed by atoms with E-state index in [-0.39, 0.29) is 17.7 Å². The molecule has 6 N–H and O–H groups in total. The van der Waals surface area contributed by atoms with Gasteiger partial charge in [-0.25, -0.2) is 4.21 Å². The van der Waals surface area contributed by atoms with E-state index in [0.717, 1.165) is 32.1 Å². The Hall–Kier alpha value is -1.93. The van der Waals surface area contributed by atoms with Crippen LogP contribution in [0.5, 0.6) is 0 Å². The molecule has 2 aliphatic carbocycles. The number of Topliss-reactive ketones (excluding diaryl/α,β-unsaturated/α-hetero) is 1. The van der Waals surface area contributed by atoms with Gasteiger partial charge in [0.25, 0.3) is 5.91 Å². The number of rotatable bonds is 12. The number of aliphatic hydroxyl groups excluding tert-OH is 1. The van der Waals surface area contributed by atoms with E-state index >= 15 is 0 Å². The largest absolute Gasteiger partial charge is 0.365 e. The van der Waals surface area contributed by atoms with Crippen LogP contribution in [-0.2, 0) is 30.3 Å². The minimum Gasteiger partial charge on any atom is -0.365 e. The van der Waals surface area contributed by atoms with Gasteiger partial charge in [-0.2, -0.15) is 0 Å². The number of nitrogens with one attached hydrogen (secondary N) is 4. The van der Waals surface area contributed by atoms with E-state index in [9.17, 15) is 33.0 Å². The van der Waals surface area contributed by atoms with Gasteiger partial charge in [-0.1, -0.05) is 40.0 Å². The Kier molecular flexibility index (Phi) is 10.4. The summed E-state index contributed by atoms with van der Waals surface area (Å²) >= 11 is -2.05. The third-order valence-electron chi connectivity index (χ3n) is 7.52. The van der Waals surface area contributed by atoms with Gasteiger partial charge >= 0.3 is 0 Å². The molecule has 0 spiro atoms. The fourth-order valence-electron chi connectivity index (χ4n) is 5.30. The first-order valence-electron chi connectivity index (χ1n) is 13.5. The summed E-state index contributed by atoms with van der Waals surface area (Å²) in [5, 5.41) is 22.0. The number of ketones is 1. The lowest BCUT2D eigenvalue weighted by Crippen LogP contribution is -2.65.